The summed E-state index contributed by atoms with van der Waals surface area (Å²) in [7, 11) is -1.42. The van der Waals surface area contributed by atoms with Gasteiger partial charge in [0.05, 0.1) is 0 Å². The molecule has 0 bridgehead atoms. The monoisotopic (exact) mass is 146 g/mol. The second kappa shape index (κ2) is 24.1. The molecule has 0 rings (SSSR count). The van der Waals surface area contributed by atoms with Crippen molar-refractivity contribution >= 4 is 20.3 Å². The maximum atomic E-state index is 8.40. The molecule has 0 fully saturated rings. The Morgan fingerprint density at radius 3 is 1.20 bits per heavy atom. The van der Waals surface area contributed by atoms with Gasteiger partial charge in [0, 0.05) is 27.5 Å². The van der Waals surface area contributed by atoms with Gasteiger partial charge in [-0.15, -0.1) is 0 Å². The van der Waals surface area contributed by atoms with E-state index in [9.17, 15) is 0 Å². The smallest absolute Gasteiger partial charge is 0.274 e. The van der Waals surface area contributed by atoms with E-state index in [0.29, 0.717) is 0 Å². The predicted octanol–water partition coefficient (Wildman–Crippen LogP) is -1.00. The van der Waals surface area contributed by atoms with Gasteiger partial charge in [0.1, 0.15) is 0 Å². The van der Waals surface area contributed by atoms with Crippen LogP contribution in [0, 0.1) is 0 Å². The first-order valence-corrected chi connectivity index (χ1v) is 1.22. The Morgan fingerprint density at radius 2 is 1.20 bits per heavy atom. The van der Waals surface area contributed by atoms with Crippen molar-refractivity contribution in [3.05, 3.63) is 0 Å². The molecule has 0 aliphatic carbocycles. The Morgan fingerprint density at radius 1 is 1.20 bits per heavy atom. The molecule has 0 amide bonds. The van der Waals surface area contributed by atoms with Crippen LogP contribution >= 0.6 is 0 Å². The Balaban J connectivity index is -0.0000000200. The largest absolute Gasteiger partial charge is 0.549 e. The summed E-state index contributed by atoms with van der Waals surface area (Å²) in [6, 6.07) is 0. The molecule has 4 radical (unpaired) electrons. The summed E-state index contributed by atoms with van der Waals surface area (Å²) < 4.78 is 16.8. The standard InChI is InChI=1S/Ni.O2Si.Si/c;1-3-2;. The molecule has 0 aliphatic rings. The van der Waals surface area contributed by atoms with Crippen molar-refractivity contribution in [3.63, 3.8) is 0 Å². The van der Waals surface area contributed by atoms with Crippen LogP contribution in [0.3, 0.4) is 0 Å². The van der Waals surface area contributed by atoms with Crippen LogP contribution in [0.15, 0.2) is 0 Å². The van der Waals surface area contributed by atoms with Gasteiger partial charge in [-0.05, 0) is 0 Å². The fourth-order valence-corrected chi connectivity index (χ4v) is 0. The molecule has 0 atom stereocenters. The molecule has 0 spiro atoms. The van der Waals surface area contributed by atoms with Crippen LogP contribution in [-0.2, 0) is 25.4 Å². The van der Waals surface area contributed by atoms with Gasteiger partial charge in [-0.1, -0.05) is 0 Å². The third-order valence-corrected chi connectivity index (χ3v) is 0. The van der Waals surface area contributed by atoms with Gasteiger partial charge < -0.3 is 0 Å². The second-order valence-corrected chi connectivity index (χ2v) is 0.250. The van der Waals surface area contributed by atoms with Gasteiger partial charge in [0.2, 0.25) is 0 Å². The zero-order valence-electron chi connectivity index (χ0n) is 2.13. The fraction of sp³-hybridized carbons (Fsp3) is 0. The van der Waals surface area contributed by atoms with Crippen LogP contribution in [0.25, 0.3) is 0 Å². The Kier molecular flexibility index (Phi) is 85.7. The van der Waals surface area contributed by atoms with Crippen molar-refractivity contribution in [2.24, 2.45) is 0 Å². The van der Waals surface area contributed by atoms with Gasteiger partial charge in [-0.3, -0.25) is 8.92 Å². The van der Waals surface area contributed by atoms with Crippen molar-refractivity contribution in [2.45, 2.75) is 0 Å². The number of hydrogen-bond donors (Lipinski definition) is 0. The van der Waals surface area contributed by atoms with Crippen LogP contribution in [0.5, 0.6) is 0 Å². The molecule has 5 heavy (non-hydrogen) atoms. The third-order valence-electron chi connectivity index (χ3n) is 0. The summed E-state index contributed by atoms with van der Waals surface area (Å²) in [6.07, 6.45) is 0. The van der Waals surface area contributed by atoms with E-state index >= 15 is 0 Å². The maximum absolute atomic E-state index is 8.40. The van der Waals surface area contributed by atoms with Crippen LogP contribution in [-0.4, -0.2) is 20.3 Å². The quantitative estimate of drug-likeness (QED) is 0.411. The molecule has 2 nitrogen and oxygen atoms in total. The van der Waals surface area contributed by atoms with Crippen LogP contribution < -0.4 is 0 Å². The maximum Gasteiger partial charge on any atom is 0.549 e. The Labute approximate surface area is 46.2 Å². The van der Waals surface area contributed by atoms with E-state index in [2.05, 4.69) is 0 Å². The van der Waals surface area contributed by atoms with Gasteiger partial charge in [0.25, 0.3) is 0 Å². The van der Waals surface area contributed by atoms with Crippen LogP contribution in [0.4, 0.5) is 0 Å². The summed E-state index contributed by atoms with van der Waals surface area (Å²) in [5.41, 5.74) is 0. The average molecular weight is 147 g/mol. The molecular formula is NiO2Si2. The van der Waals surface area contributed by atoms with E-state index in [-0.39, 0.29) is 27.5 Å². The van der Waals surface area contributed by atoms with Crippen molar-refractivity contribution in [1.82, 2.24) is 0 Å². The number of hydrogen-bond acceptors (Lipinski definition) is 2. The molecule has 0 aromatic rings. The molecule has 0 aliphatic heterocycles. The Bertz CT molecular complexity index is 28.6. The third kappa shape index (κ3) is 104. The molecule has 0 N–H and O–H groups in total. The molecule has 0 saturated carbocycles. The van der Waals surface area contributed by atoms with Gasteiger partial charge >= 0.3 is 9.29 Å². The molecule has 30 valence electrons. The minimum atomic E-state index is -1.42. The molecule has 0 aromatic carbocycles. The molecule has 0 aromatic heterocycles. The van der Waals surface area contributed by atoms with E-state index in [0.717, 1.165) is 0 Å². The van der Waals surface area contributed by atoms with Crippen molar-refractivity contribution in [3.8, 4) is 0 Å². The van der Waals surface area contributed by atoms with Crippen molar-refractivity contribution in [2.75, 3.05) is 0 Å². The van der Waals surface area contributed by atoms with E-state index in [1.807, 2.05) is 0 Å². The first kappa shape index (κ1) is 17.7. The van der Waals surface area contributed by atoms with E-state index < -0.39 is 9.29 Å². The van der Waals surface area contributed by atoms with Crippen molar-refractivity contribution < 1.29 is 25.4 Å². The van der Waals surface area contributed by atoms with Crippen LogP contribution in [0.2, 0.25) is 0 Å². The fourth-order valence-electron chi connectivity index (χ4n) is 0. The summed E-state index contributed by atoms with van der Waals surface area (Å²) >= 11 is 0. The molecular weight excluding hydrogens is 147 g/mol. The minimum Gasteiger partial charge on any atom is -0.274 e. The van der Waals surface area contributed by atoms with E-state index in [1.165, 1.54) is 0 Å². The summed E-state index contributed by atoms with van der Waals surface area (Å²) in [4.78, 5) is 0. The summed E-state index contributed by atoms with van der Waals surface area (Å²) in [6.45, 7) is 0. The topological polar surface area (TPSA) is 34.1 Å². The first-order valence-electron chi connectivity index (χ1n) is 0.408. The first-order chi connectivity index (χ1) is 1.41. The summed E-state index contributed by atoms with van der Waals surface area (Å²) in [5.74, 6) is 0. The second-order valence-electron chi connectivity index (χ2n) is 0.0833. The SMILES string of the molecule is O=[Si]=O.[Ni].[Si]. The molecule has 0 unspecified atom stereocenters. The molecule has 0 saturated heterocycles. The zero-order chi connectivity index (χ0) is 2.71. The van der Waals surface area contributed by atoms with E-state index in [1.54, 1.807) is 0 Å². The van der Waals surface area contributed by atoms with Crippen LogP contribution in [0.1, 0.15) is 0 Å². The zero-order valence-corrected chi connectivity index (χ0v) is 5.12. The van der Waals surface area contributed by atoms with Gasteiger partial charge in [-0.25, -0.2) is 0 Å². The van der Waals surface area contributed by atoms with Crippen molar-refractivity contribution in [1.29, 1.82) is 0 Å². The minimum absolute atomic E-state index is 0. The molecule has 0 heterocycles. The Hall–Kier alpha value is 0.527. The normalized spacial score (nSPS) is 1.60. The van der Waals surface area contributed by atoms with Gasteiger partial charge in [0.15, 0.2) is 0 Å². The number of rotatable bonds is 0. The average Bonchev–Trinajstić information content (AvgIpc) is 0.918. The van der Waals surface area contributed by atoms with E-state index in [4.69, 9.17) is 8.92 Å². The molecule has 5 heteroatoms. The summed E-state index contributed by atoms with van der Waals surface area (Å²) in [5, 5.41) is 0. The van der Waals surface area contributed by atoms with Gasteiger partial charge in [-0.2, -0.15) is 0 Å². The predicted molar refractivity (Wildman–Crippen MR) is 12.9 cm³/mol.